The summed E-state index contributed by atoms with van der Waals surface area (Å²) in [6.45, 7) is 1.41. The standard InChI is InChI=1S/C11H13BrN2O3S/c12-9-4-3-8(17-9)10(15)14-11(18)13-6-7-2-1-5-16-7/h3-4,7H,1-2,5-6H2,(H2,13,14,15,18)/t7-/m1/s1. The van der Waals surface area contributed by atoms with Gasteiger partial charge in [-0.1, -0.05) is 0 Å². The molecule has 2 heterocycles. The van der Waals surface area contributed by atoms with Crippen molar-refractivity contribution in [2.24, 2.45) is 0 Å². The van der Waals surface area contributed by atoms with E-state index < -0.39 is 0 Å². The molecule has 1 aromatic rings. The van der Waals surface area contributed by atoms with Gasteiger partial charge in [0.25, 0.3) is 5.91 Å². The van der Waals surface area contributed by atoms with Crippen LogP contribution in [0.4, 0.5) is 0 Å². The number of ether oxygens (including phenoxy) is 1. The molecule has 0 bridgehead atoms. The molecule has 1 saturated heterocycles. The molecule has 1 aromatic heterocycles. The normalized spacial score (nSPS) is 18.6. The van der Waals surface area contributed by atoms with Gasteiger partial charge in [0.1, 0.15) is 0 Å². The number of halogens is 1. The van der Waals surface area contributed by atoms with Crippen molar-refractivity contribution in [2.75, 3.05) is 13.2 Å². The van der Waals surface area contributed by atoms with Crippen LogP contribution in [0.25, 0.3) is 0 Å². The summed E-state index contributed by atoms with van der Waals surface area (Å²) in [6.07, 6.45) is 2.28. The van der Waals surface area contributed by atoms with Gasteiger partial charge in [-0.3, -0.25) is 10.1 Å². The van der Waals surface area contributed by atoms with Gasteiger partial charge in [-0.05, 0) is 53.1 Å². The second kappa shape index (κ2) is 6.31. The number of amides is 1. The largest absolute Gasteiger partial charge is 0.444 e. The quantitative estimate of drug-likeness (QED) is 0.827. The van der Waals surface area contributed by atoms with E-state index in [1.807, 2.05) is 0 Å². The van der Waals surface area contributed by atoms with Crippen molar-refractivity contribution in [3.05, 3.63) is 22.6 Å². The lowest BCUT2D eigenvalue weighted by Gasteiger charge is -2.12. The SMILES string of the molecule is O=C(NC(=S)NC[C@H]1CCCO1)c1ccc(Br)o1. The van der Waals surface area contributed by atoms with E-state index >= 15 is 0 Å². The van der Waals surface area contributed by atoms with Crippen LogP contribution in [0.3, 0.4) is 0 Å². The molecule has 1 aliphatic rings. The molecular weight excluding hydrogens is 320 g/mol. The molecule has 0 saturated carbocycles. The first-order valence-corrected chi connectivity index (χ1v) is 6.81. The third kappa shape index (κ3) is 3.79. The topological polar surface area (TPSA) is 63.5 Å². The van der Waals surface area contributed by atoms with Crippen LogP contribution in [0, 0.1) is 0 Å². The van der Waals surface area contributed by atoms with E-state index in [4.69, 9.17) is 21.4 Å². The van der Waals surface area contributed by atoms with Gasteiger partial charge in [-0.25, -0.2) is 0 Å². The summed E-state index contributed by atoms with van der Waals surface area (Å²) in [6, 6.07) is 3.22. The van der Waals surface area contributed by atoms with Gasteiger partial charge in [-0.15, -0.1) is 0 Å². The number of furan rings is 1. The molecule has 2 N–H and O–H groups in total. The fourth-order valence-corrected chi connectivity index (χ4v) is 2.14. The molecular formula is C11H13BrN2O3S. The number of hydrogen-bond acceptors (Lipinski definition) is 4. The van der Waals surface area contributed by atoms with E-state index in [2.05, 4.69) is 26.6 Å². The van der Waals surface area contributed by atoms with Crippen LogP contribution in [0.2, 0.25) is 0 Å². The number of thiocarbonyl (C=S) groups is 1. The highest BCUT2D eigenvalue weighted by atomic mass is 79.9. The second-order valence-corrected chi connectivity index (χ2v) is 5.09. The summed E-state index contributed by atoms with van der Waals surface area (Å²) in [5.41, 5.74) is 0. The van der Waals surface area contributed by atoms with Crippen LogP contribution in [0.1, 0.15) is 23.4 Å². The maximum atomic E-state index is 11.7. The molecule has 1 atom stereocenters. The molecule has 0 aromatic carbocycles. The molecule has 7 heteroatoms. The molecule has 0 spiro atoms. The number of nitrogens with one attached hydrogen (secondary N) is 2. The monoisotopic (exact) mass is 332 g/mol. The van der Waals surface area contributed by atoms with E-state index in [-0.39, 0.29) is 22.9 Å². The van der Waals surface area contributed by atoms with Crippen LogP contribution in [0.15, 0.2) is 21.2 Å². The lowest BCUT2D eigenvalue weighted by atomic mass is 10.2. The minimum atomic E-state index is -0.370. The summed E-state index contributed by atoms with van der Waals surface area (Å²) >= 11 is 8.15. The summed E-state index contributed by atoms with van der Waals surface area (Å²) in [7, 11) is 0. The zero-order valence-corrected chi connectivity index (χ0v) is 12.0. The van der Waals surface area contributed by atoms with Crippen molar-refractivity contribution in [3.8, 4) is 0 Å². The number of carbonyl (C=O) groups is 1. The number of rotatable bonds is 3. The molecule has 0 aliphatic carbocycles. The Balaban J connectivity index is 1.75. The molecule has 98 valence electrons. The maximum absolute atomic E-state index is 11.7. The van der Waals surface area contributed by atoms with Crippen LogP contribution in [-0.2, 0) is 4.74 Å². The third-order valence-electron chi connectivity index (χ3n) is 2.54. The Morgan fingerprint density at radius 2 is 2.39 bits per heavy atom. The molecule has 1 aliphatic heterocycles. The lowest BCUT2D eigenvalue weighted by Crippen LogP contribution is -2.42. The molecule has 5 nitrogen and oxygen atoms in total. The van der Waals surface area contributed by atoms with Crippen LogP contribution >= 0.6 is 28.1 Å². The molecule has 0 unspecified atom stereocenters. The van der Waals surface area contributed by atoms with Crippen molar-refractivity contribution in [2.45, 2.75) is 18.9 Å². The van der Waals surface area contributed by atoms with Crippen molar-refractivity contribution < 1.29 is 13.9 Å². The molecule has 0 radical (unpaired) electrons. The number of carbonyl (C=O) groups excluding carboxylic acids is 1. The van der Waals surface area contributed by atoms with Gasteiger partial charge in [-0.2, -0.15) is 0 Å². The Hall–Kier alpha value is -0.920. The van der Waals surface area contributed by atoms with Gasteiger partial charge in [0, 0.05) is 13.2 Å². The fourth-order valence-electron chi connectivity index (χ4n) is 1.66. The van der Waals surface area contributed by atoms with E-state index in [9.17, 15) is 4.79 Å². The first-order chi connectivity index (χ1) is 8.65. The predicted octanol–water partition coefficient (Wildman–Crippen LogP) is 1.83. The molecule has 18 heavy (non-hydrogen) atoms. The number of hydrogen-bond donors (Lipinski definition) is 2. The third-order valence-corrected chi connectivity index (χ3v) is 3.21. The van der Waals surface area contributed by atoms with Crippen LogP contribution in [0.5, 0.6) is 0 Å². The molecule has 1 amide bonds. The Bertz CT molecular complexity index is 443. The van der Waals surface area contributed by atoms with E-state index in [0.29, 0.717) is 11.2 Å². The maximum Gasteiger partial charge on any atom is 0.293 e. The predicted molar refractivity (Wildman–Crippen MR) is 73.4 cm³/mol. The highest BCUT2D eigenvalue weighted by Crippen LogP contribution is 2.13. The summed E-state index contributed by atoms with van der Waals surface area (Å²) in [4.78, 5) is 11.7. The summed E-state index contributed by atoms with van der Waals surface area (Å²) in [5, 5.41) is 5.78. The smallest absolute Gasteiger partial charge is 0.293 e. The first kappa shape index (κ1) is 13.5. The van der Waals surface area contributed by atoms with Crippen LogP contribution in [-0.4, -0.2) is 30.3 Å². The zero-order valence-electron chi connectivity index (χ0n) is 9.57. The van der Waals surface area contributed by atoms with Gasteiger partial charge in [0.2, 0.25) is 0 Å². The zero-order chi connectivity index (χ0) is 13.0. The molecule has 2 rings (SSSR count). The van der Waals surface area contributed by atoms with Crippen molar-refractivity contribution in [1.29, 1.82) is 0 Å². The minimum absolute atomic E-state index is 0.178. The van der Waals surface area contributed by atoms with E-state index in [0.717, 1.165) is 19.4 Å². The minimum Gasteiger partial charge on any atom is -0.444 e. The van der Waals surface area contributed by atoms with Gasteiger partial charge < -0.3 is 14.5 Å². The Kier molecular flexibility index (Phi) is 4.73. The summed E-state index contributed by atoms with van der Waals surface area (Å²) < 4.78 is 11.1. The van der Waals surface area contributed by atoms with Gasteiger partial charge in [0.15, 0.2) is 15.5 Å². The van der Waals surface area contributed by atoms with Gasteiger partial charge in [0.05, 0.1) is 6.10 Å². The average molecular weight is 333 g/mol. The second-order valence-electron chi connectivity index (χ2n) is 3.90. The average Bonchev–Trinajstić information content (AvgIpc) is 2.97. The Labute approximate surface area is 118 Å². The van der Waals surface area contributed by atoms with Crippen molar-refractivity contribution in [3.63, 3.8) is 0 Å². The Morgan fingerprint density at radius 3 is 3.00 bits per heavy atom. The summed E-state index contributed by atoms with van der Waals surface area (Å²) in [5.74, 6) is -0.159. The lowest BCUT2D eigenvalue weighted by molar-refractivity contribution is 0.0945. The van der Waals surface area contributed by atoms with Crippen molar-refractivity contribution >= 4 is 39.2 Å². The first-order valence-electron chi connectivity index (χ1n) is 5.61. The van der Waals surface area contributed by atoms with E-state index in [1.54, 1.807) is 12.1 Å². The highest BCUT2D eigenvalue weighted by molar-refractivity contribution is 9.10. The van der Waals surface area contributed by atoms with Crippen LogP contribution < -0.4 is 10.6 Å². The highest BCUT2D eigenvalue weighted by Gasteiger charge is 2.16. The Morgan fingerprint density at radius 1 is 1.56 bits per heavy atom. The fraction of sp³-hybridized carbons (Fsp3) is 0.455. The van der Waals surface area contributed by atoms with E-state index in [1.165, 1.54) is 0 Å². The van der Waals surface area contributed by atoms with Crippen molar-refractivity contribution in [1.82, 2.24) is 10.6 Å². The molecule has 1 fully saturated rings. The van der Waals surface area contributed by atoms with Gasteiger partial charge >= 0.3 is 0 Å².